The second-order valence-electron chi connectivity index (χ2n) is 3.23. The fourth-order valence-corrected chi connectivity index (χ4v) is 1.60. The van der Waals surface area contributed by atoms with Crippen molar-refractivity contribution in [3.63, 3.8) is 0 Å². The highest BCUT2D eigenvalue weighted by Gasteiger charge is 2.23. The zero-order valence-electron chi connectivity index (χ0n) is 7.57. The van der Waals surface area contributed by atoms with Crippen molar-refractivity contribution in [2.24, 2.45) is 0 Å². The van der Waals surface area contributed by atoms with Gasteiger partial charge in [0.15, 0.2) is 5.78 Å². The Morgan fingerprint density at radius 3 is 2.71 bits per heavy atom. The third-order valence-electron chi connectivity index (χ3n) is 2.30. The number of carboxylic acid groups (broad SMARTS) is 1. The molecule has 0 radical (unpaired) electrons. The average Bonchev–Trinajstić information content (AvgIpc) is 2.43. The van der Waals surface area contributed by atoms with E-state index in [0.717, 1.165) is 0 Å². The van der Waals surface area contributed by atoms with E-state index in [0.29, 0.717) is 16.7 Å². The third-order valence-corrected chi connectivity index (χ3v) is 2.30. The first kappa shape index (κ1) is 8.69. The summed E-state index contributed by atoms with van der Waals surface area (Å²) in [7, 11) is 0. The Labute approximate surface area is 80.7 Å². The van der Waals surface area contributed by atoms with Crippen LogP contribution in [0.5, 0.6) is 0 Å². The summed E-state index contributed by atoms with van der Waals surface area (Å²) in [5.41, 5.74) is 1.80. The molecule has 1 N–H and O–H groups in total. The number of carbonyl (C=O) groups is 2. The summed E-state index contributed by atoms with van der Waals surface area (Å²) in [5, 5.41) is 8.88. The van der Waals surface area contributed by atoms with Gasteiger partial charge in [-0.25, -0.2) is 4.79 Å². The predicted octanol–water partition coefficient (Wildman–Crippen LogP) is 1.98. The Hall–Kier alpha value is -1.90. The third kappa shape index (κ3) is 1.06. The lowest BCUT2D eigenvalue weighted by molar-refractivity contribution is 0.0696. The van der Waals surface area contributed by atoms with Crippen LogP contribution in [0.4, 0.5) is 0 Å². The Kier molecular flexibility index (Phi) is 1.74. The van der Waals surface area contributed by atoms with Crippen molar-refractivity contribution in [1.82, 2.24) is 0 Å². The summed E-state index contributed by atoms with van der Waals surface area (Å²) < 4.78 is 0. The van der Waals surface area contributed by atoms with Gasteiger partial charge in [-0.1, -0.05) is 12.1 Å². The Morgan fingerprint density at radius 2 is 2.07 bits per heavy atom. The summed E-state index contributed by atoms with van der Waals surface area (Å²) in [6, 6.07) is 4.74. The van der Waals surface area contributed by atoms with Crippen molar-refractivity contribution in [3.8, 4) is 0 Å². The van der Waals surface area contributed by atoms with Crippen LogP contribution in [0.2, 0.25) is 0 Å². The Bertz CT molecular complexity index is 469. The van der Waals surface area contributed by atoms with Crippen LogP contribution in [0.1, 0.15) is 33.2 Å². The van der Waals surface area contributed by atoms with Crippen molar-refractivity contribution in [3.05, 3.63) is 40.5 Å². The monoisotopic (exact) mass is 188 g/mol. The summed E-state index contributed by atoms with van der Waals surface area (Å²) in [5.74, 6) is -1.08. The number of aromatic carboxylic acids is 1. The highest BCUT2D eigenvalue weighted by Crippen LogP contribution is 2.27. The molecule has 1 aliphatic rings. The van der Waals surface area contributed by atoms with Crippen molar-refractivity contribution in [2.45, 2.75) is 6.92 Å². The number of Topliss-reactive ketones (excluding diaryl/α,β-unsaturated/α-hetero) is 1. The molecule has 0 spiro atoms. The second-order valence-corrected chi connectivity index (χ2v) is 3.23. The van der Waals surface area contributed by atoms with Gasteiger partial charge in [-0.3, -0.25) is 4.79 Å². The van der Waals surface area contributed by atoms with E-state index >= 15 is 0 Å². The van der Waals surface area contributed by atoms with Crippen LogP contribution in [0.3, 0.4) is 0 Å². The quantitative estimate of drug-likeness (QED) is 0.733. The Morgan fingerprint density at radius 1 is 1.36 bits per heavy atom. The average molecular weight is 188 g/mol. The van der Waals surface area contributed by atoms with Gasteiger partial charge in [0, 0.05) is 11.1 Å². The molecular formula is C11H8O3. The molecule has 1 aromatic carbocycles. The first-order valence-corrected chi connectivity index (χ1v) is 4.20. The molecule has 70 valence electrons. The molecular weight excluding hydrogens is 180 g/mol. The summed E-state index contributed by atoms with van der Waals surface area (Å²) in [4.78, 5) is 22.3. The number of fused-ring (bicyclic) bond motifs is 1. The molecule has 3 heteroatoms. The smallest absolute Gasteiger partial charge is 0.336 e. The van der Waals surface area contributed by atoms with Crippen molar-refractivity contribution < 1.29 is 14.7 Å². The standard InChI is InChI=1S/C11H8O3/c1-6-5-9-7(10(6)12)3-2-4-8(9)11(13)14/h2-5H,1H3,(H,13,14). The van der Waals surface area contributed by atoms with Crippen molar-refractivity contribution in [1.29, 1.82) is 0 Å². The minimum absolute atomic E-state index is 0.0805. The summed E-state index contributed by atoms with van der Waals surface area (Å²) in [6.45, 7) is 1.69. The van der Waals surface area contributed by atoms with E-state index < -0.39 is 5.97 Å². The predicted molar refractivity (Wildman–Crippen MR) is 51.4 cm³/mol. The highest BCUT2D eigenvalue weighted by molar-refractivity contribution is 6.19. The zero-order valence-corrected chi connectivity index (χ0v) is 7.57. The molecule has 0 unspecified atom stereocenters. The lowest BCUT2D eigenvalue weighted by Crippen LogP contribution is -2.02. The van der Waals surface area contributed by atoms with Gasteiger partial charge in [-0.2, -0.15) is 0 Å². The molecule has 0 saturated heterocycles. The molecule has 0 aromatic heterocycles. The van der Waals surface area contributed by atoms with Crippen molar-refractivity contribution >= 4 is 17.8 Å². The van der Waals surface area contributed by atoms with Crippen LogP contribution < -0.4 is 0 Å². The van der Waals surface area contributed by atoms with Crippen LogP contribution in [0, 0.1) is 0 Å². The summed E-state index contributed by atoms with van der Waals surface area (Å²) in [6.07, 6.45) is 1.63. The number of hydrogen-bond donors (Lipinski definition) is 1. The van der Waals surface area contributed by atoms with Crippen LogP contribution >= 0.6 is 0 Å². The molecule has 0 atom stereocenters. The Balaban J connectivity index is 2.71. The lowest BCUT2D eigenvalue weighted by Gasteiger charge is -2.00. The number of rotatable bonds is 1. The molecule has 14 heavy (non-hydrogen) atoms. The van der Waals surface area contributed by atoms with Crippen LogP contribution in [0.25, 0.3) is 6.08 Å². The first-order chi connectivity index (χ1) is 6.61. The van der Waals surface area contributed by atoms with Gasteiger partial charge in [-0.15, -0.1) is 0 Å². The normalized spacial score (nSPS) is 13.8. The highest BCUT2D eigenvalue weighted by atomic mass is 16.4. The number of allylic oxidation sites excluding steroid dienone is 1. The minimum atomic E-state index is -0.999. The largest absolute Gasteiger partial charge is 0.478 e. The van der Waals surface area contributed by atoms with Gasteiger partial charge in [0.2, 0.25) is 0 Å². The van der Waals surface area contributed by atoms with Gasteiger partial charge >= 0.3 is 5.97 Å². The topological polar surface area (TPSA) is 54.4 Å². The van der Waals surface area contributed by atoms with E-state index in [2.05, 4.69) is 0 Å². The molecule has 0 bridgehead atoms. The van der Waals surface area contributed by atoms with Crippen LogP contribution in [-0.4, -0.2) is 16.9 Å². The van der Waals surface area contributed by atoms with E-state index in [1.54, 1.807) is 25.1 Å². The molecule has 0 heterocycles. The van der Waals surface area contributed by atoms with Gasteiger partial charge < -0.3 is 5.11 Å². The van der Waals surface area contributed by atoms with Gasteiger partial charge in [-0.05, 0) is 24.6 Å². The minimum Gasteiger partial charge on any atom is -0.478 e. The van der Waals surface area contributed by atoms with Gasteiger partial charge in [0.1, 0.15) is 0 Å². The first-order valence-electron chi connectivity index (χ1n) is 4.20. The molecule has 0 amide bonds. The van der Waals surface area contributed by atoms with E-state index in [9.17, 15) is 9.59 Å². The number of hydrogen-bond acceptors (Lipinski definition) is 2. The lowest BCUT2D eigenvalue weighted by atomic mass is 10.0. The molecule has 0 aliphatic heterocycles. The molecule has 1 aliphatic carbocycles. The zero-order chi connectivity index (χ0) is 10.3. The van der Waals surface area contributed by atoms with E-state index in [-0.39, 0.29) is 11.3 Å². The maximum Gasteiger partial charge on any atom is 0.336 e. The number of ketones is 1. The number of carboxylic acids is 1. The molecule has 0 fully saturated rings. The van der Waals surface area contributed by atoms with E-state index in [4.69, 9.17) is 5.11 Å². The van der Waals surface area contributed by atoms with Gasteiger partial charge in [0.25, 0.3) is 0 Å². The maximum absolute atomic E-state index is 11.5. The number of benzene rings is 1. The molecule has 1 aromatic rings. The summed E-state index contributed by atoms with van der Waals surface area (Å²) >= 11 is 0. The fraction of sp³-hybridized carbons (Fsp3) is 0.0909. The van der Waals surface area contributed by atoms with Crippen LogP contribution in [-0.2, 0) is 0 Å². The van der Waals surface area contributed by atoms with Gasteiger partial charge in [0.05, 0.1) is 5.56 Å². The van der Waals surface area contributed by atoms with E-state index in [1.807, 2.05) is 0 Å². The fourth-order valence-electron chi connectivity index (χ4n) is 1.60. The van der Waals surface area contributed by atoms with Crippen molar-refractivity contribution in [2.75, 3.05) is 0 Å². The molecule has 3 nitrogen and oxygen atoms in total. The second kappa shape index (κ2) is 2.80. The molecule has 2 rings (SSSR count). The van der Waals surface area contributed by atoms with E-state index in [1.165, 1.54) is 6.07 Å². The van der Waals surface area contributed by atoms with Crippen LogP contribution in [0.15, 0.2) is 23.8 Å². The molecule has 0 saturated carbocycles. The SMILES string of the molecule is CC1=Cc2c(C(=O)O)cccc2C1=O. The maximum atomic E-state index is 11.5. The number of carbonyl (C=O) groups excluding carboxylic acids is 1.